The maximum atomic E-state index is 14.6. The van der Waals surface area contributed by atoms with Gasteiger partial charge >= 0.3 is 0 Å². The molecule has 0 aliphatic carbocycles. The van der Waals surface area contributed by atoms with Gasteiger partial charge in [-0.3, -0.25) is 14.4 Å². The molecule has 9 nitrogen and oxygen atoms in total. The Kier molecular flexibility index (Phi) is 9.03. The number of fused-ring (bicyclic) bond motifs is 1. The van der Waals surface area contributed by atoms with Crippen LogP contribution in [-0.4, -0.2) is 83.2 Å². The Morgan fingerprint density at radius 3 is 2.42 bits per heavy atom. The van der Waals surface area contributed by atoms with Gasteiger partial charge in [-0.05, 0) is 49.1 Å². The second-order valence-electron chi connectivity index (χ2n) is 11.5. The van der Waals surface area contributed by atoms with Gasteiger partial charge in [0.15, 0.2) is 0 Å². The molecule has 3 amide bonds. The molecule has 3 aliphatic heterocycles. The molecule has 2 aromatic rings. The van der Waals surface area contributed by atoms with E-state index >= 15 is 0 Å². The highest BCUT2D eigenvalue weighted by molar-refractivity contribution is 6.05. The number of hydrogen-bond acceptors (Lipinski definition) is 6. The second kappa shape index (κ2) is 12.7. The van der Waals surface area contributed by atoms with Gasteiger partial charge in [0.1, 0.15) is 17.4 Å². The summed E-state index contributed by atoms with van der Waals surface area (Å²) in [6.07, 6.45) is 4.31. The maximum Gasteiger partial charge on any atom is 0.253 e. The summed E-state index contributed by atoms with van der Waals surface area (Å²) in [6, 6.07) is 15.2. The standard InChI is InChI=1S/C34H41N3O6/c1-5-19-35(21-23-11-9-8-10-12-23)31(39)28-27-17-18-34(43-27)29(28)32(40)37(24(7-3)22-38)30(34)33(41)36(20-6-2)25-13-15-26(42-4)16-14-25/h5-6,8-16,24,27-30,38H,1-2,7,17-22H2,3-4H3/t24-,27+,28-,29-,30?,34?/m0/s1. The molecule has 2 aromatic carbocycles. The Bertz CT molecular complexity index is 1340. The fourth-order valence-electron chi connectivity index (χ4n) is 7.22. The summed E-state index contributed by atoms with van der Waals surface area (Å²) in [4.78, 5) is 48.2. The van der Waals surface area contributed by atoms with Crippen LogP contribution in [0.25, 0.3) is 0 Å². The highest BCUT2D eigenvalue weighted by atomic mass is 16.5. The average Bonchev–Trinajstić information content (AvgIpc) is 3.68. The Morgan fingerprint density at radius 1 is 1.12 bits per heavy atom. The predicted octanol–water partition coefficient (Wildman–Crippen LogP) is 3.57. The minimum Gasteiger partial charge on any atom is -0.497 e. The van der Waals surface area contributed by atoms with Crippen molar-refractivity contribution in [3.8, 4) is 5.75 Å². The van der Waals surface area contributed by atoms with E-state index in [4.69, 9.17) is 9.47 Å². The van der Waals surface area contributed by atoms with Gasteiger partial charge in [-0.1, -0.05) is 49.4 Å². The summed E-state index contributed by atoms with van der Waals surface area (Å²) in [5, 5.41) is 10.4. The molecular formula is C34H41N3O6. The lowest BCUT2D eigenvalue weighted by Crippen LogP contribution is -2.59. The molecule has 3 fully saturated rings. The minimum atomic E-state index is -1.18. The van der Waals surface area contributed by atoms with Crippen molar-refractivity contribution < 1.29 is 29.0 Å². The van der Waals surface area contributed by atoms with E-state index in [0.29, 0.717) is 43.8 Å². The van der Waals surface area contributed by atoms with Crippen molar-refractivity contribution >= 4 is 23.4 Å². The van der Waals surface area contributed by atoms with Gasteiger partial charge in [-0.15, -0.1) is 13.2 Å². The van der Waals surface area contributed by atoms with Crippen molar-refractivity contribution in [3.05, 3.63) is 85.5 Å². The summed E-state index contributed by atoms with van der Waals surface area (Å²) >= 11 is 0. The number of hydrogen-bond donors (Lipinski definition) is 1. The number of methoxy groups -OCH3 is 1. The number of amides is 3. The van der Waals surface area contributed by atoms with Crippen LogP contribution in [0.2, 0.25) is 0 Å². The smallest absolute Gasteiger partial charge is 0.253 e. The molecule has 0 aromatic heterocycles. The molecule has 1 N–H and O–H groups in total. The molecule has 3 heterocycles. The summed E-state index contributed by atoms with van der Waals surface area (Å²) in [5.74, 6) is -1.75. The molecule has 3 aliphatic rings. The van der Waals surface area contributed by atoms with Crippen molar-refractivity contribution in [2.24, 2.45) is 11.8 Å². The Labute approximate surface area is 253 Å². The molecule has 0 saturated carbocycles. The molecule has 43 heavy (non-hydrogen) atoms. The van der Waals surface area contributed by atoms with Crippen LogP contribution < -0.4 is 9.64 Å². The number of ether oxygens (including phenoxy) is 2. The number of nitrogens with zero attached hydrogens (tertiary/aromatic N) is 3. The van der Waals surface area contributed by atoms with Crippen molar-refractivity contribution in [3.63, 3.8) is 0 Å². The SMILES string of the molecule is C=CCN(Cc1ccccc1)C(=O)[C@@H]1[C@H]2C(=O)N([C@@H](CC)CO)C(C(=O)N(CC=C)c3ccc(OC)cc3)C23CC[C@H]1O3. The van der Waals surface area contributed by atoms with Gasteiger partial charge in [0.25, 0.3) is 5.91 Å². The summed E-state index contributed by atoms with van der Waals surface area (Å²) in [7, 11) is 1.57. The topological polar surface area (TPSA) is 99.6 Å². The normalized spacial score (nSPS) is 26.1. The summed E-state index contributed by atoms with van der Waals surface area (Å²) in [5.41, 5.74) is 0.408. The van der Waals surface area contributed by atoms with Crippen LogP contribution >= 0.6 is 0 Å². The van der Waals surface area contributed by atoms with Crippen molar-refractivity contribution in [1.82, 2.24) is 9.80 Å². The second-order valence-corrected chi connectivity index (χ2v) is 11.5. The van der Waals surface area contributed by atoms with E-state index in [9.17, 15) is 19.5 Å². The molecule has 228 valence electrons. The fraction of sp³-hybridized carbons (Fsp3) is 0.441. The Balaban J connectivity index is 1.54. The van der Waals surface area contributed by atoms with E-state index in [-0.39, 0.29) is 30.9 Å². The van der Waals surface area contributed by atoms with Crippen LogP contribution in [0.15, 0.2) is 79.9 Å². The predicted molar refractivity (Wildman–Crippen MR) is 163 cm³/mol. The first-order valence-electron chi connectivity index (χ1n) is 15.0. The Hall–Kier alpha value is -3.95. The molecule has 2 bridgehead atoms. The lowest BCUT2D eigenvalue weighted by atomic mass is 9.70. The van der Waals surface area contributed by atoms with Gasteiger partial charge in [0.05, 0.1) is 37.7 Å². The zero-order valence-electron chi connectivity index (χ0n) is 24.9. The van der Waals surface area contributed by atoms with E-state index in [1.54, 1.807) is 53.3 Å². The van der Waals surface area contributed by atoms with Crippen LogP contribution in [0.1, 0.15) is 31.7 Å². The highest BCUT2D eigenvalue weighted by Crippen LogP contribution is 2.59. The quantitative estimate of drug-likeness (QED) is 0.360. The minimum absolute atomic E-state index is 0.183. The first kappa shape index (κ1) is 30.5. The van der Waals surface area contributed by atoms with Gasteiger partial charge in [-0.25, -0.2) is 0 Å². The van der Waals surface area contributed by atoms with Crippen LogP contribution in [-0.2, 0) is 25.7 Å². The number of aliphatic hydroxyl groups excluding tert-OH is 1. The maximum absolute atomic E-state index is 14.6. The first-order chi connectivity index (χ1) is 20.8. The molecule has 6 atom stereocenters. The number of benzene rings is 2. The third-order valence-corrected chi connectivity index (χ3v) is 9.17. The van der Waals surface area contributed by atoms with Crippen molar-refractivity contribution in [2.45, 2.75) is 56.5 Å². The van der Waals surface area contributed by atoms with Gasteiger partial charge < -0.3 is 29.3 Å². The molecule has 1 spiro atoms. The first-order valence-corrected chi connectivity index (χ1v) is 15.0. The number of likely N-dealkylation sites (tertiary alicyclic amines) is 1. The molecule has 0 radical (unpaired) electrons. The fourth-order valence-corrected chi connectivity index (χ4v) is 7.22. The third kappa shape index (κ3) is 5.25. The highest BCUT2D eigenvalue weighted by Gasteiger charge is 2.75. The van der Waals surface area contributed by atoms with E-state index < -0.39 is 35.6 Å². The largest absolute Gasteiger partial charge is 0.497 e. The molecule has 5 rings (SSSR count). The van der Waals surface area contributed by atoms with Crippen molar-refractivity contribution in [1.29, 1.82) is 0 Å². The summed E-state index contributed by atoms with van der Waals surface area (Å²) in [6.45, 7) is 10.2. The number of carbonyl (C=O) groups excluding carboxylic acids is 3. The zero-order chi connectivity index (χ0) is 30.7. The molecule has 9 heteroatoms. The third-order valence-electron chi connectivity index (χ3n) is 9.17. The van der Waals surface area contributed by atoms with Crippen molar-refractivity contribution in [2.75, 3.05) is 31.7 Å². The van der Waals surface area contributed by atoms with E-state index in [2.05, 4.69) is 13.2 Å². The van der Waals surface area contributed by atoms with Crippen LogP contribution in [0.5, 0.6) is 5.75 Å². The number of rotatable bonds is 13. The van der Waals surface area contributed by atoms with Gasteiger partial charge in [0.2, 0.25) is 11.8 Å². The van der Waals surface area contributed by atoms with E-state index in [1.165, 1.54) is 4.90 Å². The van der Waals surface area contributed by atoms with Crippen LogP contribution in [0, 0.1) is 11.8 Å². The van der Waals surface area contributed by atoms with Gasteiger partial charge in [-0.2, -0.15) is 0 Å². The van der Waals surface area contributed by atoms with Crippen LogP contribution in [0.3, 0.4) is 0 Å². The number of anilines is 1. The monoisotopic (exact) mass is 587 g/mol. The summed E-state index contributed by atoms with van der Waals surface area (Å²) < 4.78 is 12.0. The lowest BCUT2D eigenvalue weighted by Gasteiger charge is -2.39. The number of carbonyl (C=O) groups is 3. The van der Waals surface area contributed by atoms with E-state index in [0.717, 1.165) is 5.56 Å². The zero-order valence-corrected chi connectivity index (χ0v) is 24.9. The van der Waals surface area contributed by atoms with Gasteiger partial charge in [0, 0.05) is 25.3 Å². The number of aliphatic hydroxyl groups is 1. The van der Waals surface area contributed by atoms with E-state index in [1.807, 2.05) is 37.3 Å². The molecule has 3 saturated heterocycles. The molecular weight excluding hydrogens is 546 g/mol. The Morgan fingerprint density at radius 2 is 1.81 bits per heavy atom. The van der Waals surface area contributed by atoms with Crippen LogP contribution in [0.4, 0.5) is 5.69 Å². The average molecular weight is 588 g/mol. The lowest BCUT2D eigenvalue weighted by molar-refractivity contribution is -0.147. The molecule has 2 unspecified atom stereocenters.